The van der Waals surface area contributed by atoms with Crippen LogP contribution >= 0.6 is 11.8 Å². The first kappa shape index (κ1) is 24.2. The topological polar surface area (TPSA) is 45.5 Å². The molecule has 5 heteroatoms. The Bertz CT molecular complexity index is 1120. The second-order valence-corrected chi connectivity index (χ2v) is 9.82. The predicted molar refractivity (Wildman–Crippen MR) is 139 cm³/mol. The molecule has 1 heterocycles. The molecular formula is C29H32N2O2S. The number of nitriles is 1. The molecule has 0 spiro atoms. The van der Waals surface area contributed by atoms with Crippen LogP contribution in [0, 0.1) is 11.3 Å². The molecule has 0 radical (unpaired) electrons. The Labute approximate surface area is 207 Å². The van der Waals surface area contributed by atoms with E-state index in [1.165, 1.54) is 21.6 Å². The van der Waals surface area contributed by atoms with Crippen molar-refractivity contribution < 1.29 is 9.47 Å². The van der Waals surface area contributed by atoms with Crippen molar-refractivity contribution in [3.05, 3.63) is 89.0 Å². The summed E-state index contributed by atoms with van der Waals surface area (Å²) in [4.78, 5) is 3.58. The Morgan fingerprint density at radius 3 is 2.44 bits per heavy atom. The lowest BCUT2D eigenvalue weighted by Gasteiger charge is -2.30. The monoisotopic (exact) mass is 472 g/mol. The number of methoxy groups -OCH3 is 2. The average molecular weight is 473 g/mol. The summed E-state index contributed by atoms with van der Waals surface area (Å²) in [5.74, 6) is 2.42. The Kier molecular flexibility index (Phi) is 7.82. The van der Waals surface area contributed by atoms with E-state index in [1.807, 2.05) is 17.8 Å². The van der Waals surface area contributed by atoms with Gasteiger partial charge in [-0.15, -0.1) is 11.8 Å². The Morgan fingerprint density at radius 2 is 1.68 bits per heavy atom. The second-order valence-electron chi connectivity index (χ2n) is 8.81. The highest BCUT2D eigenvalue weighted by Gasteiger charge is 2.39. The number of likely N-dealkylation sites (N-methyl/N-ethyl adjacent to an activating group) is 1. The molecule has 1 unspecified atom stereocenters. The first-order valence-electron chi connectivity index (χ1n) is 11.7. The lowest BCUT2D eigenvalue weighted by Crippen LogP contribution is -2.30. The van der Waals surface area contributed by atoms with Gasteiger partial charge in [0.2, 0.25) is 0 Å². The van der Waals surface area contributed by atoms with Crippen LogP contribution in [0.5, 0.6) is 11.5 Å². The van der Waals surface area contributed by atoms with Crippen LogP contribution in [-0.2, 0) is 17.6 Å². The zero-order valence-electron chi connectivity index (χ0n) is 20.2. The van der Waals surface area contributed by atoms with Crippen LogP contribution < -0.4 is 9.47 Å². The third kappa shape index (κ3) is 4.94. The van der Waals surface area contributed by atoms with E-state index in [0.717, 1.165) is 55.2 Å². The molecule has 4 rings (SSSR count). The average Bonchev–Trinajstić information content (AvgIpc) is 3.02. The van der Waals surface area contributed by atoms with Crippen LogP contribution in [0.25, 0.3) is 0 Å². The Morgan fingerprint density at radius 1 is 0.941 bits per heavy atom. The van der Waals surface area contributed by atoms with Crippen molar-refractivity contribution in [1.29, 1.82) is 5.26 Å². The van der Waals surface area contributed by atoms with Crippen molar-refractivity contribution >= 4 is 11.8 Å². The third-order valence-electron chi connectivity index (χ3n) is 6.72. The van der Waals surface area contributed by atoms with Crippen LogP contribution in [0.3, 0.4) is 0 Å². The zero-order valence-corrected chi connectivity index (χ0v) is 21.0. The molecule has 176 valence electrons. The van der Waals surface area contributed by atoms with Gasteiger partial charge in [0.25, 0.3) is 0 Å². The molecule has 1 aliphatic heterocycles. The molecular weight excluding hydrogens is 440 g/mol. The van der Waals surface area contributed by atoms with E-state index in [4.69, 9.17) is 9.47 Å². The van der Waals surface area contributed by atoms with Gasteiger partial charge in [-0.1, -0.05) is 48.5 Å². The van der Waals surface area contributed by atoms with E-state index in [1.54, 1.807) is 14.2 Å². The second kappa shape index (κ2) is 11.0. The summed E-state index contributed by atoms with van der Waals surface area (Å²) < 4.78 is 10.8. The van der Waals surface area contributed by atoms with E-state index in [-0.39, 0.29) is 0 Å². The van der Waals surface area contributed by atoms with Gasteiger partial charge in [0.05, 0.1) is 20.3 Å². The third-order valence-corrected chi connectivity index (χ3v) is 7.84. The van der Waals surface area contributed by atoms with E-state index in [0.29, 0.717) is 0 Å². The van der Waals surface area contributed by atoms with Crippen molar-refractivity contribution in [3.63, 3.8) is 0 Å². The lowest BCUT2D eigenvalue weighted by atomic mass is 9.71. The van der Waals surface area contributed by atoms with Crippen molar-refractivity contribution in [2.24, 2.45) is 0 Å². The summed E-state index contributed by atoms with van der Waals surface area (Å²) in [6.45, 7) is 1.88. The molecule has 0 N–H and O–H groups in total. The number of rotatable bonds is 9. The fourth-order valence-electron chi connectivity index (χ4n) is 4.84. The highest BCUT2D eigenvalue weighted by Crippen LogP contribution is 2.46. The summed E-state index contributed by atoms with van der Waals surface area (Å²) in [6, 6.07) is 25.8. The maximum Gasteiger partial charge on any atom is 0.160 e. The summed E-state index contributed by atoms with van der Waals surface area (Å²) in [7, 11) is 5.48. The molecule has 3 aromatic rings. The minimum Gasteiger partial charge on any atom is -0.493 e. The minimum atomic E-state index is -0.610. The fraction of sp³-hybridized carbons (Fsp3) is 0.345. The highest BCUT2D eigenvalue weighted by molar-refractivity contribution is 7.98. The van der Waals surface area contributed by atoms with Gasteiger partial charge in [-0.05, 0) is 73.3 Å². The normalized spacial score (nSPS) is 16.8. The summed E-state index contributed by atoms with van der Waals surface area (Å²) in [5.41, 5.74) is 4.21. The van der Waals surface area contributed by atoms with Crippen LogP contribution in [0.2, 0.25) is 0 Å². The molecule has 34 heavy (non-hydrogen) atoms. The van der Waals surface area contributed by atoms with E-state index in [2.05, 4.69) is 78.7 Å². The SMILES string of the molecule is COc1ccc(CCN(C)CCCC2(C#N)c3ccccc3CSc3ccccc32)cc1OC. The summed E-state index contributed by atoms with van der Waals surface area (Å²) >= 11 is 1.84. The van der Waals surface area contributed by atoms with E-state index >= 15 is 0 Å². The van der Waals surface area contributed by atoms with Crippen molar-refractivity contribution in [1.82, 2.24) is 4.90 Å². The summed E-state index contributed by atoms with van der Waals surface area (Å²) in [6.07, 6.45) is 2.69. The maximum absolute atomic E-state index is 10.6. The van der Waals surface area contributed by atoms with Gasteiger partial charge in [-0.3, -0.25) is 0 Å². The van der Waals surface area contributed by atoms with Crippen LogP contribution in [-0.4, -0.2) is 39.3 Å². The highest BCUT2D eigenvalue weighted by atomic mass is 32.2. The number of thioether (sulfide) groups is 1. The smallest absolute Gasteiger partial charge is 0.160 e. The first-order valence-corrected chi connectivity index (χ1v) is 12.7. The van der Waals surface area contributed by atoms with Crippen molar-refractivity contribution in [2.45, 2.75) is 35.3 Å². The van der Waals surface area contributed by atoms with Crippen LogP contribution in [0.15, 0.2) is 71.6 Å². The van der Waals surface area contributed by atoms with Gasteiger partial charge in [0, 0.05) is 17.2 Å². The molecule has 0 fully saturated rings. The van der Waals surface area contributed by atoms with Crippen molar-refractivity contribution in [2.75, 3.05) is 34.4 Å². The molecule has 0 saturated heterocycles. The fourth-order valence-corrected chi connectivity index (χ4v) is 5.97. The molecule has 0 bridgehead atoms. The molecule has 3 aromatic carbocycles. The number of fused-ring (bicyclic) bond motifs is 2. The van der Waals surface area contributed by atoms with E-state index in [9.17, 15) is 5.26 Å². The standard InChI is InChI=1S/C29H32N2O2S/c1-31(18-15-22-13-14-26(32-2)27(19-22)33-3)17-8-16-29(21-30)24-10-5-4-9-23(24)20-34-28-12-7-6-11-25(28)29/h4-7,9-14,19H,8,15-18,20H2,1-3H3. The number of benzene rings is 3. The number of hydrogen-bond acceptors (Lipinski definition) is 5. The lowest BCUT2D eigenvalue weighted by molar-refractivity contribution is 0.320. The molecule has 0 aromatic heterocycles. The maximum atomic E-state index is 10.6. The van der Waals surface area contributed by atoms with Crippen LogP contribution in [0.1, 0.15) is 35.1 Å². The largest absolute Gasteiger partial charge is 0.493 e. The number of hydrogen-bond donors (Lipinski definition) is 0. The van der Waals surface area contributed by atoms with Gasteiger partial charge >= 0.3 is 0 Å². The van der Waals surface area contributed by atoms with Gasteiger partial charge < -0.3 is 14.4 Å². The van der Waals surface area contributed by atoms with Crippen LogP contribution in [0.4, 0.5) is 0 Å². The zero-order chi connectivity index (χ0) is 24.0. The minimum absolute atomic E-state index is 0.610. The van der Waals surface area contributed by atoms with Gasteiger partial charge in [0.15, 0.2) is 11.5 Å². The number of ether oxygens (including phenoxy) is 2. The van der Waals surface area contributed by atoms with Crippen molar-refractivity contribution in [3.8, 4) is 17.6 Å². The van der Waals surface area contributed by atoms with Gasteiger partial charge in [-0.2, -0.15) is 5.26 Å². The predicted octanol–water partition coefficient (Wildman–Crippen LogP) is 6.07. The Hall–Kier alpha value is -2.94. The Balaban J connectivity index is 1.45. The molecule has 1 atom stereocenters. The first-order chi connectivity index (χ1) is 16.6. The molecule has 4 nitrogen and oxygen atoms in total. The van der Waals surface area contributed by atoms with Gasteiger partial charge in [-0.25, -0.2) is 0 Å². The van der Waals surface area contributed by atoms with E-state index < -0.39 is 5.41 Å². The molecule has 1 aliphatic rings. The quantitative estimate of drug-likeness (QED) is 0.378. The molecule has 0 amide bonds. The summed E-state index contributed by atoms with van der Waals surface area (Å²) in [5, 5.41) is 10.6. The molecule has 0 aliphatic carbocycles. The number of nitrogens with zero attached hydrogens (tertiary/aromatic N) is 2. The molecule has 0 saturated carbocycles. The van der Waals surface area contributed by atoms with Gasteiger partial charge in [0.1, 0.15) is 5.41 Å².